The highest BCUT2D eigenvalue weighted by atomic mass is 32.2. The number of rotatable bonds is 8. The van der Waals surface area contributed by atoms with Crippen LogP contribution in [-0.4, -0.2) is 22.4 Å². The highest BCUT2D eigenvalue weighted by Crippen LogP contribution is 2.27. The van der Waals surface area contributed by atoms with E-state index in [-0.39, 0.29) is 5.91 Å². The molecular formula is C35H49NO2S. The van der Waals surface area contributed by atoms with E-state index in [2.05, 4.69) is 31.7 Å². The molecule has 1 N–H and O–H groups in total. The molecule has 1 fully saturated rings. The Labute approximate surface area is 241 Å². The van der Waals surface area contributed by atoms with E-state index in [1.54, 1.807) is 6.26 Å². The Morgan fingerprint density at radius 2 is 1.69 bits per heavy atom. The number of carbonyl (C=O) groups is 1. The fourth-order valence-corrected chi connectivity index (χ4v) is 3.89. The van der Waals surface area contributed by atoms with Crippen LogP contribution in [0, 0.1) is 26.2 Å². The van der Waals surface area contributed by atoms with Gasteiger partial charge < -0.3 is 5.32 Å². The Morgan fingerprint density at radius 3 is 2.15 bits per heavy atom. The van der Waals surface area contributed by atoms with Gasteiger partial charge in [0.15, 0.2) is 0 Å². The first-order valence-electron chi connectivity index (χ1n) is 14.0. The van der Waals surface area contributed by atoms with Gasteiger partial charge in [-0.2, -0.15) is 0 Å². The summed E-state index contributed by atoms with van der Waals surface area (Å²) >= 11 is 0. The lowest BCUT2D eigenvalue weighted by Crippen LogP contribution is -2.25. The largest absolute Gasteiger partial charge is 0.349 e. The number of hydrogen-bond donors (Lipinski definition) is 1. The van der Waals surface area contributed by atoms with Gasteiger partial charge in [0, 0.05) is 40.0 Å². The quantitative estimate of drug-likeness (QED) is 0.265. The van der Waals surface area contributed by atoms with Gasteiger partial charge in [0.1, 0.15) is 0 Å². The molecule has 3 rings (SSSR count). The highest BCUT2D eigenvalue weighted by molar-refractivity contribution is 7.84. The maximum atomic E-state index is 12.4. The summed E-state index contributed by atoms with van der Waals surface area (Å²) in [7, 11) is -0.839. The molecule has 0 spiro atoms. The molecule has 3 nitrogen and oxygen atoms in total. The summed E-state index contributed by atoms with van der Waals surface area (Å²) in [4.78, 5) is 13.3. The summed E-state index contributed by atoms with van der Waals surface area (Å²) in [6.07, 6.45) is 16.9. The number of hydrogen-bond acceptors (Lipinski definition) is 2. The zero-order valence-corrected chi connectivity index (χ0v) is 26.4. The van der Waals surface area contributed by atoms with Crippen molar-refractivity contribution in [2.75, 3.05) is 6.26 Å². The van der Waals surface area contributed by atoms with E-state index in [9.17, 15) is 9.00 Å². The first kappa shape index (κ1) is 35.8. The van der Waals surface area contributed by atoms with Crippen LogP contribution < -0.4 is 5.32 Å². The molecule has 2 aromatic carbocycles. The lowest BCUT2D eigenvalue weighted by atomic mass is 9.92. The van der Waals surface area contributed by atoms with E-state index in [0.717, 1.165) is 52.0 Å². The minimum atomic E-state index is -0.839. The molecule has 1 unspecified atom stereocenters. The van der Waals surface area contributed by atoms with Crippen molar-refractivity contribution >= 4 is 22.3 Å². The summed E-state index contributed by atoms with van der Waals surface area (Å²) in [6.45, 7) is 20.1. The second-order valence-corrected chi connectivity index (χ2v) is 10.3. The van der Waals surface area contributed by atoms with Gasteiger partial charge in [-0.25, -0.2) is 0 Å². The minimum absolute atomic E-state index is 0.00188. The number of amides is 1. The zero-order chi connectivity index (χ0) is 30.0. The number of allylic oxidation sites excluding steroid dienone is 5. The third-order valence-corrected chi connectivity index (χ3v) is 6.74. The van der Waals surface area contributed by atoms with Crippen LogP contribution in [0.1, 0.15) is 93.4 Å². The Bertz CT molecular complexity index is 1180. The fraction of sp³-hybridized carbons (Fsp3) is 0.400. The van der Waals surface area contributed by atoms with E-state index < -0.39 is 10.8 Å². The van der Waals surface area contributed by atoms with Crippen molar-refractivity contribution in [3.8, 4) is 12.3 Å². The maximum Gasteiger partial charge on any atom is 0.251 e. The molecule has 0 radical (unpaired) electrons. The van der Waals surface area contributed by atoms with Gasteiger partial charge in [0.05, 0.1) is 0 Å². The molecule has 0 saturated heterocycles. The fourth-order valence-electron chi connectivity index (χ4n) is 3.37. The number of terminal acetylenes is 1. The van der Waals surface area contributed by atoms with Crippen molar-refractivity contribution < 1.29 is 9.00 Å². The van der Waals surface area contributed by atoms with Crippen molar-refractivity contribution in [3.63, 3.8) is 0 Å². The predicted octanol–water partition coefficient (Wildman–Crippen LogP) is 8.77. The molecule has 1 amide bonds. The van der Waals surface area contributed by atoms with Crippen LogP contribution in [0.15, 0.2) is 71.7 Å². The van der Waals surface area contributed by atoms with E-state index in [1.807, 2.05) is 96.2 Å². The zero-order valence-electron chi connectivity index (χ0n) is 25.6. The number of benzene rings is 2. The van der Waals surface area contributed by atoms with Crippen LogP contribution >= 0.6 is 0 Å². The lowest BCUT2D eigenvalue weighted by molar-refractivity contribution is 0.0951. The molecule has 0 aliphatic heterocycles. The number of carbonyl (C=O) groups excluding carboxylic acids is 1. The van der Waals surface area contributed by atoms with Gasteiger partial charge in [-0.3, -0.25) is 9.00 Å². The number of nitrogens with one attached hydrogen (secondary N) is 1. The average molecular weight is 548 g/mol. The molecular weight excluding hydrogens is 498 g/mol. The summed E-state index contributed by atoms with van der Waals surface area (Å²) in [5.41, 5.74) is 7.30. The van der Waals surface area contributed by atoms with Crippen molar-refractivity contribution in [2.24, 2.45) is 0 Å². The summed E-state index contributed by atoms with van der Waals surface area (Å²) in [6, 6.07) is 12.2. The molecule has 1 atom stereocenters. The van der Waals surface area contributed by atoms with Crippen molar-refractivity contribution in [1.29, 1.82) is 0 Å². The third-order valence-electron chi connectivity index (χ3n) is 5.80. The van der Waals surface area contributed by atoms with Gasteiger partial charge in [-0.1, -0.05) is 77.1 Å². The molecule has 0 bridgehead atoms. The van der Waals surface area contributed by atoms with Gasteiger partial charge in [0.2, 0.25) is 0 Å². The van der Waals surface area contributed by atoms with Gasteiger partial charge >= 0.3 is 0 Å². The van der Waals surface area contributed by atoms with Crippen LogP contribution in [0.4, 0.5) is 0 Å². The molecule has 4 heteroatoms. The Hall–Kier alpha value is -3.16. The van der Waals surface area contributed by atoms with E-state index in [0.29, 0.717) is 18.0 Å². The molecule has 39 heavy (non-hydrogen) atoms. The van der Waals surface area contributed by atoms with Gasteiger partial charge in [0.25, 0.3) is 5.91 Å². The average Bonchev–Trinajstić information content (AvgIpc) is 3.77. The SMILES string of the molecule is C#CC/C=C(\C=C/C(=C)C)c1cc(C(=O)NC2CC2)cc(C)c1C.CC.CC.CCc1ccc(S(C)=O)cc1. The van der Waals surface area contributed by atoms with Crippen LogP contribution in [0.25, 0.3) is 5.57 Å². The molecule has 1 aliphatic carbocycles. The second kappa shape index (κ2) is 19.8. The standard InChI is InChI=1S/C22H25NO.C9H12OS.2C2H6/c1-6-7-8-18(10-9-15(2)3)21-14-19(13-16(4)17(21)5)22(24)23-20-11-12-20;1-3-8-4-6-9(7-5-8)11(2)10;2*1-2/h1,8-10,13-14,20H,2,7,11-12H2,3-5H3,(H,23,24);4-7H,3H2,1-2H3;2*1-2H3/b10-9-,18-8+;;;. The smallest absolute Gasteiger partial charge is 0.251 e. The van der Waals surface area contributed by atoms with Gasteiger partial charge in [-0.15, -0.1) is 12.3 Å². The minimum Gasteiger partial charge on any atom is -0.349 e. The molecule has 212 valence electrons. The molecule has 2 aromatic rings. The van der Waals surface area contributed by atoms with Crippen LogP contribution in [-0.2, 0) is 17.2 Å². The Kier molecular flexibility index (Phi) is 18.2. The molecule has 1 aliphatic rings. The second-order valence-electron chi connectivity index (χ2n) is 8.91. The topological polar surface area (TPSA) is 46.2 Å². The van der Waals surface area contributed by atoms with Crippen molar-refractivity contribution in [3.05, 3.63) is 94.6 Å². The third kappa shape index (κ3) is 13.5. The Balaban J connectivity index is 0.000000803. The van der Waals surface area contributed by atoms with E-state index >= 15 is 0 Å². The predicted molar refractivity (Wildman–Crippen MR) is 173 cm³/mol. The summed E-state index contributed by atoms with van der Waals surface area (Å²) in [5, 5.41) is 3.05. The molecule has 1 saturated carbocycles. The van der Waals surface area contributed by atoms with Crippen LogP contribution in [0.2, 0.25) is 0 Å². The number of aryl methyl sites for hydroxylation is 2. The highest BCUT2D eigenvalue weighted by Gasteiger charge is 2.24. The summed E-state index contributed by atoms with van der Waals surface area (Å²) in [5.74, 6) is 2.65. The normalized spacial score (nSPS) is 12.9. The monoisotopic (exact) mass is 547 g/mol. The first-order valence-corrected chi connectivity index (χ1v) is 15.5. The van der Waals surface area contributed by atoms with Crippen LogP contribution in [0.5, 0.6) is 0 Å². The van der Waals surface area contributed by atoms with Crippen molar-refractivity contribution in [2.45, 2.75) is 92.0 Å². The van der Waals surface area contributed by atoms with Gasteiger partial charge in [-0.05, 0) is 92.1 Å². The van der Waals surface area contributed by atoms with E-state index in [4.69, 9.17) is 6.42 Å². The first-order chi connectivity index (χ1) is 18.7. The van der Waals surface area contributed by atoms with Crippen LogP contribution in [0.3, 0.4) is 0 Å². The van der Waals surface area contributed by atoms with E-state index in [1.165, 1.54) is 5.56 Å². The maximum absolute atomic E-state index is 12.4. The lowest BCUT2D eigenvalue weighted by Gasteiger charge is -2.13. The molecule has 0 heterocycles. The summed E-state index contributed by atoms with van der Waals surface area (Å²) < 4.78 is 11.0. The Morgan fingerprint density at radius 1 is 1.10 bits per heavy atom. The van der Waals surface area contributed by atoms with Crippen molar-refractivity contribution in [1.82, 2.24) is 5.32 Å². The molecule has 0 aromatic heterocycles.